The third-order valence-corrected chi connectivity index (χ3v) is 3.67. The van der Waals surface area contributed by atoms with Crippen molar-refractivity contribution in [1.29, 1.82) is 0 Å². The van der Waals surface area contributed by atoms with Crippen LogP contribution in [0, 0.1) is 5.92 Å². The van der Waals surface area contributed by atoms with Crippen molar-refractivity contribution < 1.29 is 4.79 Å². The molecule has 2 atom stereocenters. The molecule has 1 aromatic rings. The summed E-state index contributed by atoms with van der Waals surface area (Å²) in [7, 11) is 0. The molecule has 0 aromatic carbocycles. The van der Waals surface area contributed by atoms with Crippen molar-refractivity contribution in [1.82, 2.24) is 9.88 Å². The van der Waals surface area contributed by atoms with E-state index >= 15 is 0 Å². The Bertz CT molecular complexity index is 419. The molecule has 19 heavy (non-hydrogen) atoms. The molecule has 0 radical (unpaired) electrons. The van der Waals surface area contributed by atoms with Crippen LogP contribution >= 0.6 is 0 Å². The number of rotatable bonds is 4. The highest BCUT2D eigenvalue weighted by atomic mass is 16.2. The zero-order valence-corrected chi connectivity index (χ0v) is 11.7. The summed E-state index contributed by atoms with van der Waals surface area (Å²) in [6, 6.07) is 3.78. The minimum absolute atomic E-state index is 0.0908. The molecule has 2 heterocycles. The maximum Gasteiger partial charge on any atom is 0.240 e. The molecule has 0 saturated carbocycles. The third-order valence-electron chi connectivity index (χ3n) is 3.67. The molecule has 1 saturated heterocycles. The van der Waals surface area contributed by atoms with Crippen LogP contribution < -0.4 is 5.73 Å². The molecule has 1 aromatic heterocycles. The Morgan fingerprint density at radius 2 is 2.16 bits per heavy atom. The van der Waals surface area contributed by atoms with Crippen LogP contribution in [0.2, 0.25) is 0 Å². The van der Waals surface area contributed by atoms with E-state index in [1.807, 2.05) is 17.0 Å². The van der Waals surface area contributed by atoms with Crippen LogP contribution in [0.25, 0.3) is 0 Å². The smallest absolute Gasteiger partial charge is 0.240 e. The van der Waals surface area contributed by atoms with Crippen LogP contribution in [0.3, 0.4) is 0 Å². The van der Waals surface area contributed by atoms with Crippen molar-refractivity contribution in [2.24, 2.45) is 11.7 Å². The quantitative estimate of drug-likeness (QED) is 0.903. The first kappa shape index (κ1) is 14.0. The number of carbonyl (C=O) groups excluding carboxylic acids is 1. The molecule has 2 unspecified atom stereocenters. The van der Waals surface area contributed by atoms with Gasteiger partial charge in [-0.05, 0) is 42.9 Å². The van der Waals surface area contributed by atoms with Gasteiger partial charge in [0.1, 0.15) is 0 Å². The molecule has 104 valence electrons. The summed E-state index contributed by atoms with van der Waals surface area (Å²) in [5.74, 6) is 0.536. The Kier molecular flexibility index (Phi) is 4.53. The molecule has 1 fully saturated rings. The lowest BCUT2D eigenvalue weighted by molar-refractivity contribution is -0.133. The van der Waals surface area contributed by atoms with Crippen molar-refractivity contribution in [3.63, 3.8) is 0 Å². The van der Waals surface area contributed by atoms with Crippen molar-refractivity contribution in [2.75, 3.05) is 6.54 Å². The van der Waals surface area contributed by atoms with E-state index in [1.165, 1.54) is 0 Å². The molecule has 4 nitrogen and oxygen atoms in total. The number of amides is 1. The van der Waals surface area contributed by atoms with Crippen LogP contribution in [-0.4, -0.2) is 28.4 Å². The topological polar surface area (TPSA) is 59.2 Å². The summed E-state index contributed by atoms with van der Waals surface area (Å²) in [6.45, 7) is 5.01. The van der Waals surface area contributed by atoms with Gasteiger partial charge in [-0.1, -0.05) is 13.8 Å². The average Bonchev–Trinajstić information content (AvgIpc) is 2.87. The fraction of sp³-hybridized carbons (Fsp3) is 0.600. The van der Waals surface area contributed by atoms with Crippen LogP contribution in [0.4, 0.5) is 0 Å². The second-order valence-electron chi connectivity index (χ2n) is 5.71. The molecule has 0 aliphatic carbocycles. The lowest BCUT2D eigenvalue weighted by Crippen LogP contribution is -2.44. The molecule has 1 aliphatic heterocycles. The van der Waals surface area contributed by atoms with Gasteiger partial charge in [0.2, 0.25) is 5.91 Å². The van der Waals surface area contributed by atoms with Crippen LogP contribution in [-0.2, 0) is 4.79 Å². The number of likely N-dealkylation sites (tertiary alicyclic amines) is 1. The highest BCUT2D eigenvalue weighted by molar-refractivity contribution is 5.82. The minimum Gasteiger partial charge on any atom is -0.334 e. The Morgan fingerprint density at radius 1 is 1.47 bits per heavy atom. The first-order valence-electron chi connectivity index (χ1n) is 7.05. The summed E-state index contributed by atoms with van der Waals surface area (Å²) < 4.78 is 0. The number of nitrogens with zero attached hydrogens (tertiary/aromatic N) is 2. The zero-order valence-electron chi connectivity index (χ0n) is 11.7. The first-order valence-corrected chi connectivity index (χ1v) is 7.05. The predicted octanol–water partition coefficient (Wildman–Crippen LogP) is 2.12. The van der Waals surface area contributed by atoms with E-state index in [9.17, 15) is 4.79 Å². The Hall–Kier alpha value is -1.42. The van der Waals surface area contributed by atoms with Crippen LogP contribution in [0.1, 0.15) is 44.7 Å². The Labute approximate surface area is 115 Å². The van der Waals surface area contributed by atoms with Gasteiger partial charge in [0.15, 0.2) is 0 Å². The molecular weight excluding hydrogens is 238 g/mol. The lowest BCUT2D eigenvalue weighted by Gasteiger charge is -2.28. The minimum atomic E-state index is -0.373. The SMILES string of the molecule is CC(C)CC(N)C(=O)N1CCCC1c1ccncc1. The fourth-order valence-corrected chi connectivity index (χ4v) is 2.78. The van der Waals surface area contributed by atoms with E-state index in [2.05, 4.69) is 18.8 Å². The van der Waals surface area contributed by atoms with E-state index in [-0.39, 0.29) is 18.0 Å². The Balaban J connectivity index is 2.08. The van der Waals surface area contributed by atoms with Crippen molar-refractivity contribution in [3.05, 3.63) is 30.1 Å². The van der Waals surface area contributed by atoms with Gasteiger partial charge < -0.3 is 10.6 Å². The normalized spacial score (nSPS) is 20.8. The summed E-state index contributed by atoms with van der Waals surface area (Å²) in [5, 5.41) is 0. The highest BCUT2D eigenvalue weighted by Crippen LogP contribution is 2.32. The maximum absolute atomic E-state index is 12.4. The Morgan fingerprint density at radius 3 is 2.79 bits per heavy atom. The van der Waals surface area contributed by atoms with Crippen molar-refractivity contribution >= 4 is 5.91 Å². The summed E-state index contributed by atoms with van der Waals surface area (Å²) in [5.41, 5.74) is 7.20. The zero-order chi connectivity index (χ0) is 13.8. The molecule has 1 aliphatic rings. The van der Waals surface area contributed by atoms with E-state index in [1.54, 1.807) is 12.4 Å². The van der Waals surface area contributed by atoms with Crippen LogP contribution in [0.15, 0.2) is 24.5 Å². The van der Waals surface area contributed by atoms with Gasteiger partial charge in [0.25, 0.3) is 0 Å². The van der Waals surface area contributed by atoms with E-state index in [4.69, 9.17) is 5.73 Å². The van der Waals surface area contributed by atoms with Gasteiger partial charge >= 0.3 is 0 Å². The lowest BCUT2D eigenvalue weighted by atomic mass is 10.0. The van der Waals surface area contributed by atoms with E-state index < -0.39 is 0 Å². The molecule has 2 N–H and O–H groups in total. The molecule has 1 amide bonds. The van der Waals surface area contributed by atoms with E-state index in [0.717, 1.165) is 31.4 Å². The number of hydrogen-bond donors (Lipinski definition) is 1. The second kappa shape index (κ2) is 6.15. The summed E-state index contributed by atoms with van der Waals surface area (Å²) >= 11 is 0. The second-order valence-corrected chi connectivity index (χ2v) is 5.71. The van der Waals surface area contributed by atoms with Crippen molar-refractivity contribution in [3.8, 4) is 0 Å². The van der Waals surface area contributed by atoms with Gasteiger partial charge in [0, 0.05) is 18.9 Å². The van der Waals surface area contributed by atoms with Gasteiger partial charge in [-0.2, -0.15) is 0 Å². The average molecular weight is 261 g/mol. The fourth-order valence-electron chi connectivity index (χ4n) is 2.78. The molecular formula is C15H23N3O. The summed E-state index contributed by atoms with van der Waals surface area (Å²) in [6.07, 6.45) is 6.38. The van der Waals surface area contributed by atoms with Gasteiger partial charge in [-0.15, -0.1) is 0 Å². The number of pyridine rings is 1. The largest absolute Gasteiger partial charge is 0.334 e. The number of nitrogens with two attached hydrogens (primary N) is 1. The number of hydrogen-bond acceptors (Lipinski definition) is 3. The van der Waals surface area contributed by atoms with Gasteiger partial charge in [0.05, 0.1) is 12.1 Å². The van der Waals surface area contributed by atoms with Crippen molar-refractivity contribution in [2.45, 2.75) is 45.2 Å². The predicted molar refractivity (Wildman–Crippen MR) is 75.4 cm³/mol. The number of carbonyl (C=O) groups is 1. The highest BCUT2D eigenvalue weighted by Gasteiger charge is 2.32. The molecule has 0 bridgehead atoms. The third kappa shape index (κ3) is 3.32. The standard InChI is InChI=1S/C15H23N3O/c1-11(2)10-13(16)15(19)18-9-3-4-14(18)12-5-7-17-8-6-12/h5-8,11,13-14H,3-4,9-10,16H2,1-2H3. The number of aromatic nitrogens is 1. The first-order chi connectivity index (χ1) is 9.09. The molecule has 2 rings (SSSR count). The summed E-state index contributed by atoms with van der Waals surface area (Å²) in [4.78, 5) is 18.4. The molecule has 0 spiro atoms. The molecule has 4 heteroatoms. The van der Waals surface area contributed by atoms with Crippen LogP contribution in [0.5, 0.6) is 0 Å². The monoisotopic (exact) mass is 261 g/mol. The maximum atomic E-state index is 12.4. The van der Waals surface area contributed by atoms with Gasteiger partial charge in [-0.3, -0.25) is 9.78 Å². The van der Waals surface area contributed by atoms with Gasteiger partial charge in [-0.25, -0.2) is 0 Å². The van der Waals surface area contributed by atoms with E-state index in [0.29, 0.717) is 5.92 Å².